The van der Waals surface area contributed by atoms with E-state index in [1.165, 1.54) is 57.7 Å². The monoisotopic (exact) mass is 423 g/mol. The predicted octanol–water partition coefficient (Wildman–Crippen LogP) is 0.452. The van der Waals surface area contributed by atoms with Crippen LogP contribution in [0.3, 0.4) is 0 Å². The Labute approximate surface area is 168 Å². The lowest BCUT2D eigenvalue weighted by molar-refractivity contribution is -0.120. The lowest BCUT2D eigenvalue weighted by Gasteiger charge is -2.11. The lowest BCUT2D eigenvalue weighted by atomic mass is 10.2. The first-order chi connectivity index (χ1) is 13.8. The summed E-state index contributed by atoms with van der Waals surface area (Å²) in [5, 5.41) is 0. The summed E-state index contributed by atoms with van der Waals surface area (Å²) in [5.74, 6) is -0.0763. The first kappa shape index (κ1) is 22.0. The number of sulfonamides is 1. The zero-order valence-corrected chi connectivity index (χ0v) is 16.8. The number of ether oxygens (including phenoxy) is 3. The first-order valence-electron chi connectivity index (χ1n) is 8.25. The lowest BCUT2D eigenvalue weighted by Crippen LogP contribution is -2.46. The molecule has 0 atom stereocenters. The van der Waals surface area contributed by atoms with Gasteiger partial charge in [0.1, 0.15) is 5.75 Å². The summed E-state index contributed by atoms with van der Waals surface area (Å²) in [6.07, 6.45) is 0. The fraction of sp³-hybridized carbons (Fsp3) is 0.222. The van der Waals surface area contributed by atoms with Gasteiger partial charge < -0.3 is 14.2 Å². The van der Waals surface area contributed by atoms with Crippen LogP contribution < -0.4 is 29.8 Å². The number of hydrazine groups is 1. The van der Waals surface area contributed by atoms with E-state index in [1.54, 1.807) is 6.07 Å². The van der Waals surface area contributed by atoms with Gasteiger partial charge >= 0.3 is 0 Å². The van der Waals surface area contributed by atoms with E-state index in [1.807, 2.05) is 0 Å². The zero-order valence-electron chi connectivity index (χ0n) is 16.0. The third-order valence-electron chi connectivity index (χ3n) is 3.75. The van der Waals surface area contributed by atoms with Gasteiger partial charge in [-0.3, -0.25) is 20.4 Å². The molecule has 0 spiro atoms. The van der Waals surface area contributed by atoms with Crippen LogP contribution in [0.4, 0.5) is 0 Å². The minimum Gasteiger partial charge on any atom is -0.497 e. The third-order valence-corrected chi connectivity index (χ3v) is 5.17. The van der Waals surface area contributed by atoms with Crippen LogP contribution in [0.1, 0.15) is 10.4 Å². The highest BCUT2D eigenvalue weighted by molar-refractivity contribution is 7.89. The van der Waals surface area contributed by atoms with Crippen molar-refractivity contribution in [2.75, 3.05) is 27.9 Å². The minimum absolute atomic E-state index is 0.0273. The van der Waals surface area contributed by atoms with Crippen molar-refractivity contribution in [1.82, 2.24) is 15.6 Å². The van der Waals surface area contributed by atoms with Crippen molar-refractivity contribution in [3.05, 3.63) is 48.0 Å². The molecule has 10 nitrogen and oxygen atoms in total. The van der Waals surface area contributed by atoms with Gasteiger partial charge in [-0.25, -0.2) is 13.1 Å². The van der Waals surface area contributed by atoms with Gasteiger partial charge in [-0.1, -0.05) is 0 Å². The summed E-state index contributed by atoms with van der Waals surface area (Å²) in [6, 6.07) is 10.1. The molecule has 2 rings (SSSR count). The van der Waals surface area contributed by atoms with Crippen LogP contribution >= 0.6 is 0 Å². The highest BCUT2D eigenvalue weighted by Crippen LogP contribution is 2.27. The highest BCUT2D eigenvalue weighted by Gasteiger charge is 2.16. The Hall–Kier alpha value is -3.31. The Kier molecular flexibility index (Phi) is 7.39. The van der Waals surface area contributed by atoms with Gasteiger partial charge in [-0.15, -0.1) is 0 Å². The van der Waals surface area contributed by atoms with Crippen molar-refractivity contribution >= 4 is 21.8 Å². The standard InChI is InChI=1S/C18H21N3O7S/c1-26-13-5-7-14(8-6-13)29(24,25)19-11-17(22)20-21-18(23)12-4-9-15(27-2)16(10-12)28-3/h4-10,19H,11H2,1-3H3,(H,20,22)(H,21,23). The molecule has 0 saturated heterocycles. The van der Waals surface area contributed by atoms with Crippen LogP contribution in [0.2, 0.25) is 0 Å². The van der Waals surface area contributed by atoms with Crippen molar-refractivity contribution in [3.63, 3.8) is 0 Å². The molecule has 0 aliphatic rings. The summed E-state index contributed by atoms with van der Waals surface area (Å²) >= 11 is 0. The number of methoxy groups -OCH3 is 3. The Bertz CT molecular complexity index is 975. The molecule has 0 heterocycles. The average molecular weight is 423 g/mol. The number of amides is 2. The van der Waals surface area contributed by atoms with Gasteiger partial charge in [0.05, 0.1) is 32.8 Å². The van der Waals surface area contributed by atoms with Gasteiger partial charge in [-0.05, 0) is 42.5 Å². The molecule has 2 aromatic rings. The predicted molar refractivity (Wildman–Crippen MR) is 103 cm³/mol. The number of benzene rings is 2. The van der Waals surface area contributed by atoms with Crippen LogP contribution in [0.15, 0.2) is 47.4 Å². The summed E-state index contributed by atoms with van der Waals surface area (Å²) in [6.45, 7) is -0.569. The smallest absolute Gasteiger partial charge is 0.269 e. The average Bonchev–Trinajstić information content (AvgIpc) is 2.75. The van der Waals surface area contributed by atoms with Crippen molar-refractivity contribution < 1.29 is 32.2 Å². The maximum Gasteiger partial charge on any atom is 0.269 e. The maximum atomic E-state index is 12.2. The van der Waals surface area contributed by atoms with E-state index >= 15 is 0 Å². The molecule has 2 aromatic carbocycles. The van der Waals surface area contributed by atoms with E-state index in [-0.39, 0.29) is 10.5 Å². The van der Waals surface area contributed by atoms with Gasteiger partial charge in [-0.2, -0.15) is 0 Å². The molecule has 156 valence electrons. The van der Waals surface area contributed by atoms with Crippen LogP contribution in [-0.4, -0.2) is 48.1 Å². The van der Waals surface area contributed by atoms with E-state index in [9.17, 15) is 18.0 Å². The molecule has 0 saturated carbocycles. The van der Waals surface area contributed by atoms with Gasteiger partial charge in [0.25, 0.3) is 11.8 Å². The second-order valence-electron chi connectivity index (χ2n) is 5.57. The van der Waals surface area contributed by atoms with Crippen molar-refractivity contribution in [2.24, 2.45) is 0 Å². The molecule has 0 bridgehead atoms. The van der Waals surface area contributed by atoms with Gasteiger partial charge in [0.15, 0.2) is 11.5 Å². The molecule has 0 aliphatic carbocycles. The van der Waals surface area contributed by atoms with E-state index < -0.39 is 28.4 Å². The summed E-state index contributed by atoms with van der Waals surface area (Å²) in [5.41, 5.74) is 4.53. The number of carbonyl (C=O) groups is 2. The normalized spacial score (nSPS) is 10.7. The third kappa shape index (κ3) is 5.83. The van der Waals surface area contributed by atoms with Gasteiger partial charge in [0.2, 0.25) is 10.0 Å². The Balaban J connectivity index is 1.89. The second kappa shape index (κ2) is 9.75. The van der Waals surface area contributed by atoms with E-state index in [0.29, 0.717) is 17.2 Å². The molecule has 0 radical (unpaired) electrons. The topological polar surface area (TPSA) is 132 Å². The van der Waals surface area contributed by atoms with Crippen LogP contribution in [0.25, 0.3) is 0 Å². The summed E-state index contributed by atoms with van der Waals surface area (Å²) in [4.78, 5) is 24.0. The van der Waals surface area contributed by atoms with Crippen LogP contribution in [0, 0.1) is 0 Å². The quantitative estimate of drug-likeness (QED) is 0.525. The molecule has 0 aromatic heterocycles. The Morgan fingerprint density at radius 1 is 0.862 bits per heavy atom. The van der Waals surface area contributed by atoms with E-state index in [4.69, 9.17) is 14.2 Å². The number of rotatable bonds is 8. The SMILES string of the molecule is COc1ccc(S(=O)(=O)NCC(=O)NNC(=O)c2ccc(OC)c(OC)c2)cc1. The van der Waals surface area contributed by atoms with Crippen LogP contribution in [0.5, 0.6) is 17.2 Å². The number of hydrogen-bond donors (Lipinski definition) is 3. The molecule has 2 amide bonds. The molecular weight excluding hydrogens is 402 g/mol. The summed E-state index contributed by atoms with van der Waals surface area (Å²) < 4.78 is 41.7. The summed E-state index contributed by atoms with van der Waals surface area (Å²) in [7, 11) is 0.453. The van der Waals surface area contributed by atoms with Crippen molar-refractivity contribution in [3.8, 4) is 17.2 Å². The first-order valence-corrected chi connectivity index (χ1v) is 9.74. The fourth-order valence-corrected chi connectivity index (χ4v) is 3.20. The number of nitrogens with one attached hydrogen (secondary N) is 3. The molecule has 11 heteroatoms. The Morgan fingerprint density at radius 2 is 1.52 bits per heavy atom. The minimum atomic E-state index is -3.90. The second-order valence-corrected chi connectivity index (χ2v) is 7.34. The zero-order chi connectivity index (χ0) is 21.4. The molecule has 0 aliphatic heterocycles. The molecular formula is C18H21N3O7S. The molecule has 29 heavy (non-hydrogen) atoms. The molecule has 3 N–H and O–H groups in total. The largest absolute Gasteiger partial charge is 0.497 e. The maximum absolute atomic E-state index is 12.2. The van der Waals surface area contributed by atoms with Crippen molar-refractivity contribution in [2.45, 2.75) is 4.90 Å². The number of hydrogen-bond acceptors (Lipinski definition) is 7. The highest BCUT2D eigenvalue weighted by atomic mass is 32.2. The van der Waals surface area contributed by atoms with Crippen molar-refractivity contribution in [1.29, 1.82) is 0 Å². The van der Waals surface area contributed by atoms with E-state index in [2.05, 4.69) is 15.6 Å². The van der Waals surface area contributed by atoms with E-state index in [0.717, 1.165) is 0 Å². The fourth-order valence-electron chi connectivity index (χ4n) is 2.22. The number of carbonyl (C=O) groups excluding carboxylic acids is 2. The molecule has 0 unspecified atom stereocenters. The Morgan fingerprint density at radius 3 is 2.10 bits per heavy atom. The van der Waals surface area contributed by atoms with Gasteiger partial charge in [0, 0.05) is 5.56 Å². The molecule has 0 fully saturated rings. The van der Waals surface area contributed by atoms with Crippen LogP contribution in [-0.2, 0) is 14.8 Å².